The van der Waals surface area contributed by atoms with E-state index in [1.807, 2.05) is 0 Å². The molecule has 5 rings (SSSR count). The molecular formula is C30H35F3N5O6P. The van der Waals surface area contributed by atoms with Crippen LogP contribution in [0.3, 0.4) is 0 Å². The zero-order valence-corrected chi connectivity index (χ0v) is 26.2. The number of nitrogens with zero attached hydrogens (tertiary/aromatic N) is 3. The predicted octanol–water partition coefficient (Wildman–Crippen LogP) is 6.58. The average Bonchev–Trinajstić information content (AvgIpc) is 3.26. The van der Waals surface area contributed by atoms with Crippen molar-refractivity contribution in [2.75, 3.05) is 38.0 Å². The molecule has 15 heteroatoms. The highest BCUT2D eigenvalue weighted by Gasteiger charge is 2.38. The number of rotatable bonds is 12. The van der Waals surface area contributed by atoms with Crippen LogP contribution in [-0.4, -0.2) is 59.4 Å². The Hall–Kier alpha value is -3.71. The van der Waals surface area contributed by atoms with Crippen LogP contribution in [0.25, 0.3) is 0 Å². The van der Waals surface area contributed by atoms with E-state index in [0.717, 1.165) is 11.1 Å². The Labute approximate surface area is 258 Å². The third kappa shape index (κ3) is 6.94. The van der Waals surface area contributed by atoms with Crippen LogP contribution in [0.1, 0.15) is 65.2 Å². The largest absolute Gasteiger partial charge is 0.495 e. The molecule has 0 spiro atoms. The van der Waals surface area contributed by atoms with Crippen LogP contribution in [-0.2, 0) is 32.5 Å². The second-order valence-electron chi connectivity index (χ2n) is 10.9. The number of aromatic nitrogens is 2. The van der Waals surface area contributed by atoms with Gasteiger partial charge in [-0.1, -0.05) is 12.1 Å². The van der Waals surface area contributed by atoms with E-state index in [-0.39, 0.29) is 48.4 Å². The number of amides is 1. The van der Waals surface area contributed by atoms with Crippen LogP contribution in [0.5, 0.6) is 5.75 Å². The minimum absolute atomic E-state index is 0.00544. The first-order valence-corrected chi connectivity index (χ1v) is 16.2. The number of carbonyl (C=O) groups is 1. The van der Waals surface area contributed by atoms with Gasteiger partial charge in [0.15, 0.2) is 0 Å². The fourth-order valence-corrected chi connectivity index (χ4v) is 7.27. The Kier molecular flexibility index (Phi) is 9.41. The van der Waals surface area contributed by atoms with E-state index in [4.69, 9.17) is 13.8 Å². The van der Waals surface area contributed by atoms with E-state index >= 15 is 0 Å². The van der Waals surface area contributed by atoms with E-state index in [1.54, 1.807) is 51.2 Å². The van der Waals surface area contributed by atoms with Crippen molar-refractivity contribution in [3.8, 4) is 5.75 Å². The van der Waals surface area contributed by atoms with Crippen molar-refractivity contribution in [2.24, 2.45) is 0 Å². The number of aliphatic hydroxyl groups excluding tert-OH is 1. The van der Waals surface area contributed by atoms with Gasteiger partial charge in [-0.15, -0.1) is 0 Å². The molecule has 0 bridgehead atoms. The molecule has 1 aliphatic heterocycles. The summed E-state index contributed by atoms with van der Waals surface area (Å²) in [5.74, 6) is -0.645. The fraction of sp³-hybridized carbons (Fsp3) is 0.433. The lowest BCUT2D eigenvalue weighted by molar-refractivity contribution is -0.137. The maximum atomic E-state index is 14.1. The molecule has 2 aromatic carbocycles. The number of fused-ring (bicyclic) bond motifs is 1. The van der Waals surface area contributed by atoms with Gasteiger partial charge >= 0.3 is 13.8 Å². The first-order valence-electron chi connectivity index (χ1n) is 14.5. The lowest BCUT2D eigenvalue weighted by atomic mass is 9.75. The van der Waals surface area contributed by atoms with Crippen molar-refractivity contribution < 1.29 is 41.4 Å². The summed E-state index contributed by atoms with van der Waals surface area (Å²) in [5, 5.41) is 15.5. The summed E-state index contributed by atoms with van der Waals surface area (Å²) in [4.78, 5) is 22.7. The third-order valence-electron chi connectivity index (χ3n) is 7.75. The maximum Gasteiger partial charge on any atom is 0.421 e. The summed E-state index contributed by atoms with van der Waals surface area (Å²) < 4.78 is 71.5. The van der Waals surface area contributed by atoms with Crippen molar-refractivity contribution in [2.45, 2.75) is 57.6 Å². The summed E-state index contributed by atoms with van der Waals surface area (Å²) >= 11 is 0. The molecule has 1 fully saturated rings. The normalized spacial score (nSPS) is 18.0. The predicted molar refractivity (Wildman–Crippen MR) is 161 cm³/mol. The van der Waals surface area contributed by atoms with Crippen LogP contribution in [0.2, 0.25) is 0 Å². The summed E-state index contributed by atoms with van der Waals surface area (Å²) in [7, 11) is -0.349. The third-order valence-corrected chi connectivity index (χ3v) is 9.80. The Morgan fingerprint density at radius 2 is 1.78 bits per heavy atom. The van der Waals surface area contributed by atoms with Gasteiger partial charge in [-0.05, 0) is 67.5 Å². The summed E-state index contributed by atoms with van der Waals surface area (Å²) in [5.41, 5.74) is 1.94. The van der Waals surface area contributed by atoms with Crippen LogP contribution < -0.4 is 15.4 Å². The Balaban J connectivity index is 1.46. The summed E-state index contributed by atoms with van der Waals surface area (Å²) in [6.45, 7) is 4.16. The lowest BCUT2D eigenvalue weighted by Gasteiger charge is -2.33. The van der Waals surface area contributed by atoms with Gasteiger partial charge in [0, 0.05) is 19.8 Å². The van der Waals surface area contributed by atoms with Crippen molar-refractivity contribution in [3.63, 3.8) is 0 Å². The Bertz CT molecular complexity index is 1620. The first kappa shape index (κ1) is 32.7. The van der Waals surface area contributed by atoms with Crippen LogP contribution in [0, 0.1) is 0 Å². The van der Waals surface area contributed by atoms with Crippen LogP contribution in [0.15, 0.2) is 36.5 Å². The quantitative estimate of drug-likeness (QED) is 0.185. The molecule has 3 N–H and O–H groups in total. The number of carbonyl (C=O) groups excluding carboxylic acids is 1. The maximum absolute atomic E-state index is 14.1. The van der Waals surface area contributed by atoms with Crippen molar-refractivity contribution in [3.05, 3.63) is 64.3 Å². The Morgan fingerprint density at radius 3 is 2.40 bits per heavy atom. The second kappa shape index (κ2) is 13.0. The van der Waals surface area contributed by atoms with E-state index in [2.05, 4.69) is 20.6 Å². The molecule has 2 heterocycles. The number of alkyl halides is 3. The molecular weight excluding hydrogens is 614 g/mol. The van der Waals surface area contributed by atoms with Gasteiger partial charge in [-0.3, -0.25) is 9.36 Å². The van der Waals surface area contributed by atoms with E-state index in [9.17, 15) is 27.6 Å². The van der Waals surface area contributed by atoms with Crippen molar-refractivity contribution >= 4 is 36.6 Å². The molecule has 11 nitrogen and oxygen atoms in total. The first-order chi connectivity index (χ1) is 21.4. The molecule has 0 radical (unpaired) electrons. The molecule has 1 saturated carbocycles. The average molecular weight is 650 g/mol. The smallest absolute Gasteiger partial charge is 0.421 e. The monoisotopic (exact) mass is 649 g/mol. The SMILES string of the molecule is CCOP(=O)(Cc1ccc(Nc2ncc(C(F)(F)F)c(Nc3ccc([C@H]4C[C@H](O)C4)c4c3C(=O)N(C)C4)n2)c(OC)c1)OCC. The zero-order chi connectivity index (χ0) is 32.5. The highest BCUT2D eigenvalue weighted by Crippen LogP contribution is 2.52. The number of methoxy groups -OCH3 is 1. The van der Waals surface area contributed by atoms with Crippen molar-refractivity contribution in [1.82, 2.24) is 14.9 Å². The van der Waals surface area contributed by atoms with Gasteiger partial charge in [0.05, 0.1) is 49.5 Å². The molecule has 1 aliphatic carbocycles. The van der Waals surface area contributed by atoms with Crippen LogP contribution >= 0.6 is 7.60 Å². The van der Waals surface area contributed by atoms with Crippen molar-refractivity contribution in [1.29, 1.82) is 0 Å². The number of nitrogens with one attached hydrogen (secondary N) is 2. The molecule has 2 aliphatic rings. The number of halogens is 3. The minimum Gasteiger partial charge on any atom is -0.495 e. The number of hydrogen-bond acceptors (Lipinski definition) is 10. The molecule has 0 atom stereocenters. The summed E-state index contributed by atoms with van der Waals surface area (Å²) in [6.07, 6.45) is -3.40. The molecule has 0 saturated heterocycles. The highest BCUT2D eigenvalue weighted by molar-refractivity contribution is 7.53. The molecule has 1 amide bonds. The van der Waals surface area contributed by atoms with Gasteiger partial charge in [0.2, 0.25) is 5.95 Å². The van der Waals surface area contributed by atoms with E-state index < -0.39 is 31.3 Å². The number of aliphatic hydroxyl groups is 1. The second-order valence-corrected chi connectivity index (χ2v) is 12.9. The molecule has 45 heavy (non-hydrogen) atoms. The fourth-order valence-electron chi connectivity index (χ4n) is 5.58. The van der Waals surface area contributed by atoms with Gasteiger partial charge in [-0.25, -0.2) is 4.98 Å². The molecule has 242 valence electrons. The Morgan fingerprint density at radius 1 is 1.09 bits per heavy atom. The number of anilines is 4. The topological polar surface area (TPSA) is 135 Å². The standard InChI is InChI=1S/C30H35F3N5O6P/c1-5-43-45(41,44-6-2)16-17-7-9-23(25(11-17)42-4)36-29-34-14-22(30(31,32)33)27(37-29)35-24-10-8-20(18-12-19(39)13-18)21-15-38(3)28(40)26(21)24/h7-11,14,18-19,39H,5-6,12-13,15-16H2,1-4H3,(H2,34,35,36,37)/t18-,19-. The van der Waals surface area contributed by atoms with Gasteiger partial charge < -0.3 is 34.4 Å². The zero-order valence-electron chi connectivity index (χ0n) is 25.3. The molecule has 0 unspecified atom stereocenters. The van der Waals surface area contributed by atoms with E-state index in [0.29, 0.717) is 42.6 Å². The number of ether oxygens (including phenoxy) is 1. The molecule has 1 aromatic heterocycles. The van der Waals surface area contributed by atoms with E-state index in [1.165, 1.54) is 12.0 Å². The van der Waals surface area contributed by atoms with Crippen LogP contribution in [0.4, 0.5) is 36.3 Å². The van der Waals surface area contributed by atoms with Gasteiger partial charge in [-0.2, -0.15) is 18.2 Å². The lowest BCUT2D eigenvalue weighted by Crippen LogP contribution is -2.27. The number of benzene rings is 2. The minimum atomic E-state index is -4.79. The summed E-state index contributed by atoms with van der Waals surface area (Å²) in [6, 6.07) is 8.25. The molecule has 3 aromatic rings. The van der Waals surface area contributed by atoms with Gasteiger partial charge in [0.1, 0.15) is 17.1 Å². The highest BCUT2D eigenvalue weighted by atomic mass is 31.2. The number of hydrogen-bond donors (Lipinski definition) is 3. The van der Waals surface area contributed by atoms with Gasteiger partial charge in [0.25, 0.3) is 5.91 Å².